The lowest BCUT2D eigenvalue weighted by atomic mass is 9.93. The van der Waals surface area contributed by atoms with Crippen LogP contribution in [0.25, 0.3) is 0 Å². The number of amides is 1. The molecule has 1 saturated carbocycles. The molecule has 2 aromatic rings. The van der Waals surface area contributed by atoms with E-state index in [4.69, 9.17) is 9.47 Å². The summed E-state index contributed by atoms with van der Waals surface area (Å²) in [7, 11) is 1.47. The fourth-order valence-electron chi connectivity index (χ4n) is 2.39. The third kappa shape index (κ3) is 4.78. The van der Waals surface area contributed by atoms with E-state index in [1.165, 1.54) is 7.11 Å². The summed E-state index contributed by atoms with van der Waals surface area (Å²) in [5.74, 6) is -0.526. The van der Waals surface area contributed by atoms with E-state index in [0.717, 1.165) is 25.5 Å². The maximum Gasteiger partial charge on any atom is 0.437 e. The Balaban J connectivity index is 1.79. The van der Waals surface area contributed by atoms with Crippen LogP contribution in [-0.2, 0) is 6.18 Å². The van der Waals surface area contributed by atoms with Crippen LogP contribution >= 0.6 is 0 Å². The van der Waals surface area contributed by atoms with E-state index in [1.54, 1.807) is 24.3 Å². The first-order chi connectivity index (χ1) is 12.8. The van der Waals surface area contributed by atoms with Crippen molar-refractivity contribution in [2.24, 2.45) is 0 Å². The Bertz CT molecular complexity index is 825. The van der Waals surface area contributed by atoms with Crippen molar-refractivity contribution in [2.45, 2.75) is 31.5 Å². The van der Waals surface area contributed by atoms with E-state index < -0.39 is 23.7 Å². The van der Waals surface area contributed by atoms with Crippen molar-refractivity contribution in [3.8, 4) is 11.5 Å². The van der Waals surface area contributed by atoms with Crippen molar-refractivity contribution in [3.63, 3.8) is 0 Å². The maximum atomic E-state index is 13.3. The summed E-state index contributed by atoms with van der Waals surface area (Å²) in [6, 6.07) is 6.48. The first-order valence-electron chi connectivity index (χ1n) is 8.19. The summed E-state index contributed by atoms with van der Waals surface area (Å²) in [4.78, 5) is 19.0. The number of hydrogen-bond acceptors (Lipinski definition) is 6. The minimum Gasteiger partial charge on any atom is -0.497 e. The first-order valence-corrected chi connectivity index (χ1v) is 8.19. The van der Waals surface area contributed by atoms with Gasteiger partial charge in [-0.25, -0.2) is 14.8 Å². The molecule has 0 unspecified atom stereocenters. The van der Waals surface area contributed by atoms with Crippen LogP contribution in [0.15, 0.2) is 30.5 Å². The average Bonchev–Trinajstić information content (AvgIpc) is 2.59. The molecule has 0 bridgehead atoms. The number of rotatable bonds is 5. The fraction of sp³-hybridized carbons (Fsp3) is 0.353. The Morgan fingerprint density at radius 1 is 1.30 bits per heavy atom. The van der Waals surface area contributed by atoms with Gasteiger partial charge in [0.05, 0.1) is 13.3 Å². The zero-order chi connectivity index (χ0) is 19.4. The lowest BCUT2D eigenvalue weighted by molar-refractivity contribution is -0.142. The number of ether oxygens (including phenoxy) is 2. The minimum absolute atomic E-state index is 0.0678. The molecule has 0 radical (unpaired) electrons. The molecule has 144 valence electrons. The Morgan fingerprint density at radius 3 is 2.70 bits per heavy atom. The molecule has 3 rings (SSSR count). The van der Waals surface area contributed by atoms with Gasteiger partial charge in [0.2, 0.25) is 5.95 Å². The quantitative estimate of drug-likeness (QED) is 0.816. The molecule has 0 spiro atoms. The second-order valence-corrected chi connectivity index (χ2v) is 5.92. The van der Waals surface area contributed by atoms with Crippen LogP contribution < -0.4 is 20.1 Å². The molecule has 1 aliphatic rings. The predicted octanol–water partition coefficient (Wildman–Crippen LogP) is 3.89. The van der Waals surface area contributed by atoms with Crippen LogP contribution in [0.4, 0.5) is 29.6 Å². The second kappa shape index (κ2) is 7.68. The van der Waals surface area contributed by atoms with Crippen LogP contribution in [0.3, 0.4) is 0 Å². The molecule has 1 heterocycles. The highest BCUT2D eigenvalue weighted by atomic mass is 19.4. The summed E-state index contributed by atoms with van der Waals surface area (Å²) in [6.07, 6.45) is -2.44. The third-order valence-corrected chi connectivity index (χ3v) is 3.98. The summed E-state index contributed by atoms with van der Waals surface area (Å²) >= 11 is 0. The van der Waals surface area contributed by atoms with Gasteiger partial charge in [0.15, 0.2) is 11.4 Å². The number of aromatic nitrogens is 2. The number of alkyl halides is 3. The van der Waals surface area contributed by atoms with Crippen LogP contribution in [0, 0.1) is 0 Å². The van der Waals surface area contributed by atoms with Gasteiger partial charge in [0, 0.05) is 17.8 Å². The van der Waals surface area contributed by atoms with Crippen molar-refractivity contribution >= 4 is 17.7 Å². The molecule has 1 aliphatic carbocycles. The number of anilines is 2. The standard InChI is InChI=1S/C17H17F3N4O3/c1-26-12-7-3-6-11(8-12)22-15-21-9-13(14(24-15)17(18,19)20)27-16(25)23-10-4-2-5-10/h3,6-10H,2,4-5H2,1H3,(H,23,25)(H,21,22,24). The highest BCUT2D eigenvalue weighted by Gasteiger charge is 2.38. The van der Waals surface area contributed by atoms with Crippen molar-refractivity contribution in [1.82, 2.24) is 15.3 Å². The minimum atomic E-state index is -4.82. The largest absolute Gasteiger partial charge is 0.497 e. The van der Waals surface area contributed by atoms with Gasteiger partial charge in [0.25, 0.3) is 0 Å². The molecular weight excluding hydrogens is 365 g/mol. The van der Waals surface area contributed by atoms with Crippen molar-refractivity contribution in [3.05, 3.63) is 36.2 Å². The molecule has 0 aliphatic heterocycles. The Morgan fingerprint density at radius 2 is 2.07 bits per heavy atom. The maximum absolute atomic E-state index is 13.3. The second-order valence-electron chi connectivity index (χ2n) is 5.92. The molecule has 1 aromatic heterocycles. The van der Waals surface area contributed by atoms with E-state index in [0.29, 0.717) is 11.4 Å². The Kier molecular flexibility index (Phi) is 5.33. The van der Waals surface area contributed by atoms with Crippen molar-refractivity contribution in [1.29, 1.82) is 0 Å². The molecule has 0 atom stereocenters. The molecule has 7 nitrogen and oxygen atoms in total. The van der Waals surface area contributed by atoms with Crippen molar-refractivity contribution < 1.29 is 27.4 Å². The monoisotopic (exact) mass is 382 g/mol. The number of carbonyl (C=O) groups excluding carboxylic acids is 1. The number of nitrogens with one attached hydrogen (secondary N) is 2. The lowest BCUT2D eigenvalue weighted by Gasteiger charge is -2.25. The number of hydrogen-bond donors (Lipinski definition) is 2. The zero-order valence-corrected chi connectivity index (χ0v) is 14.3. The first kappa shape index (κ1) is 18.7. The van der Waals surface area contributed by atoms with E-state index in [-0.39, 0.29) is 12.0 Å². The number of halogens is 3. The lowest BCUT2D eigenvalue weighted by Crippen LogP contribution is -2.41. The smallest absolute Gasteiger partial charge is 0.437 e. The van der Waals surface area contributed by atoms with Crippen LogP contribution in [0.2, 0.25) is 0 Å². The molecule has 2 N–H and O–H groups in total. The van der Waals surface area contributed by atoms with E-state index in [1.807, 2.05) is 0 Å². The molecule has 27 heavy (non-hydrogen) atoms. The normalized spacial score (nSPS) is 14.2. The van der Waals surface area contributed by atoms with Gasteiger partial charge in [0.1, 0.15) is 5.75 Å². The summed E-state index contributed by atoms with van der Waals surface area (Å²) in [6.45, 7) is 0. The number of nitrogens with zero attached hydrogens (tertiary/aromatic N) is 2. The van der Waals surface area contributed by atoms with Crippen LogP contribution in [0.1, 0.15) is 25.0 Å². The van der Waals surface area contributed by atoms with Crippen molar-refractivity contribution in [2.75, 3.05) is 12.4 Å². The van der Waals surface area contributed by atoms with Gasteiger partial charge in [-0.15, -0.1) is 0 Å². The molecule has 10 heteroatoms. The molecule has 1 aromatic carbocycles. The topological polar surface area (TPSA) is 85.4 Å². The summed E-state index contributed by atoms with van der Waals surface area (Å²) < 4.78 is 49.8. The number of methoxy groups -OCH3 is 1. The highest BCUT2D eigenvalue weighted by molar-refractivity contribution is 5.71. The summed E-state index contributed by atoms with van der Waals surface area (Å²) in [5.41, 5.74) is -0.898. The van der Waals surface area contributed by atoms with Gasteiger partial charge >= 0.3 is 12.3 Å². The highest BCUT2D eigenvalue weighted by Crippen LogP contribution is 2.35. The SMILES string of the molecule is COc1cccc(Nc2ncc(OC(=O)NC3CCC3)c(C(F)(F)F)n2)c1. The predicted molar refractivity (Wildman–Crippen MR) is 90.1 cm³/mol. The molecule has 1 fully saturated rings. The third-order valence-electron chi connectivity index (χ3n) is 3.98. The van der Waals surface area contributed by atoms with Gasteiger partial charge in [-0.2, -0.15) is 13.2 Å². The summed E-state index contributed by atoms with van der Waals surface area (Å²) in [5, 5.41) is 5.16. The zero-order valence-electron chi connectivity index (χ0n) is 14.3. The number of carbonyl (C=O) groups is 1. The van der Waals surface area contributed by atoms with Crippen LogP contribution in [-0.4, -0.2) is 29.2 Å². The van der Waals surface area contributed by atoms with E-state index in [9.17, 15) is 18.0 Å². The molecular formula is C17H17F3N4O3. The van der Waals surface area contributed by atoms with Gasteiger partial charge in [-0.3, -0.25) is 0 Å². The van der Waals surface area contributed by atoms with Gasteiger partial charge in [-0.05, 0) is 31.4 Å². The van der Waals surface area contributed by atoms with E-state index >= 15 is 0 Å². The van der Waals surface area contributed by atoms with Gasteiger partial charge < -0.3 is 20.1 Å². The Hall–Kier alpha value is -3.04. The Labute approximate surface area is 152 Å². The van der Waals surface area contributed by atoms with E-state index in [2.05, 4.69) is 20.6 Å². The molecule has 1 amide bonds. The number of benzene rings is 1. The van der Waals surface area contributed by atoms with Gasteiger partial charge in [-0.1, -0.05) is 6.07 Å². The fourth-order valence-corrected chi connectivity index (χ4v) is 2.39. The molecule has 0 saturated heterocycles. The van der Waals surface area contributed by atoms with Crippen LogP contribution in [0.5, 0.6) is 11.5 Å². The average molecular weight is 382 g/mol.